The molecule has 0 saturated carbocycles. The largest absolute Gasteiger partial charge is 0.342 e. The van der Waals surface area contributed by atoms with Crippen molar-refractivity contribution < 1.29 is 9.59 Å². The molecule has 144 valence electrons. The van der Waals surface area contributed by atoms with Crippen LogP contribution in [0, 0.1) is 12.8 Å². The second-order valence-electron chi connectivity index (χ2n) is 7.42. The van der Waals surface area contributed by atoms with Gasteiger partial charge in [0.2, 0.25) is 5.91 Å². The molecule has 4 heterocycles. The average Bonchev–Trinajstić information content (AvgIpc) is 3.05. The Kier molecular flexibility index (Phi) is 4.99. The highest BCUT2D eigenvalue weighted by Gasteiger charge is 2.32. The van der Waals surface area contributed by atoms with E-state index in [9.17, 15) is 14.4 Å². The number of hydrogen-bond donors (Lipinski definition) is 1. The maximum atomic E-state index is 13.0. The van der Waals surface area contributed by atoms with Crippen LogP contribution in [0.5, 0.6) is 0 Å². The fraction of sp³-hybridized carbons (Fsp3) is 0.579. The minimum absolute atomic E-state index is 0.0279. The molecular formula is C19H24N4O3S. The molecule has 4 rings (SSSR count). The molecule has 2 aromatic rings. The molecule has 2 saturated heterocycles. The van der Waals surface area contributed by atoms with Crippen LogP contribution < -0.4 is 5.56 Å². The van der Waals surface area contributed by atoms with Gasteiger partial charge in [0.15, 0.2) is 0 Å². The Hall–Kier alpha value is -2.22. The van der Waals surface area contributed by atoms with Crippen LogP contribution in [0.25, 0.3) is 10.2 Å². The second-order valence-corrected chi connectivity index (χ2v) is 8.42. The van der Waals surface area contributed by atoms with Crippen molar-refractivity contribution in [2.45, 2.75) is 39.0 Å². The quantitative estimate of drug-likeness (QED) is 0.854. The van der Waals surface area contributed by atoms with Crippen molar-refractivity contribution in [1.82, 2.24) is 19.8 Å². The summed E-state index contributed by atoms with van der Waals surface area (Å²) in [7, 11) is 0. The van der Waals surface area contributed by atoms with Crippen molar-refractivity contribution in [2.24, 2.45) is 5.92 Å². The lowest BCUT2D eigenvalue weighted by Gasteiger charge is -2.35. The van der Waals surface area contributed by atoms with Crippen molar-refractivity contribution in [3.05, 3.63) is 27.1 Å². The number of carbonyl (C=O) groups is 2. The van der Waals surface area contributed by atoms with Gasteiger partial charge in [-0.2, -0.15) is 0 Å². The van der Waals surface area contributed by atoms with Crippen LogP contribution in [0.4, 0.5) is 0 Å². The first-order valence-corrected chi connectivity index (χ1v) is 10.4. The van der Waals surface area contributed by atoms with E-state index in [1.165, 1.54) is 24.1 Å². The Balaban J connectivity index is 1.44. The van der Waals surface area contributed by atoms with Gasteiger partial charge in [-0.15, -0.1) is 11.3 Å². The third-order valence-electron chi connectivity index (χ3n) is 5.73. The van der Waals surface area contributed by atoms with E-state index in [4.69, 9.17) is 0 Å². The second kappa shape index (κ2) is 7.42. The maximum Gasteiger partial charge on any atom is 0.264 e. The summed E-state index contributed by atoms with van der Waals surface area (Å²) >= 11 is 1.27. The van der Waals surface area contributed by atoms with Gasteiger partial charge < -0.3 is 14.8 Å². The van der Waals surface area contributed by atoms with E-state index < -0.39 is 0 Å². The van der Waals surface area contributed by atoms with Crippen LogP contribution in [-0.4, -0.2) is 57.8 Å². The highest BCUT2D eigenvalue weighted by atomic mass is 32.1. The Morgan fingerprint density at radius 3 is 2.48 bits per heavy atom. The van der Waals surface area contributed by atoms with Crippen LogP contribution >= 0.6 is 11.3 Å². The number of nitrogens with zero attached hydrogens (tertiary/aromatic N) is 3. The van der Waals surface area contributed by atoms with E-state index in [1.807, 2.05) is 9.80 Å². The molecule has 2 aliphatic heterocycles. The van der Waals surface area contributed by atoms with E-state index in [2.05, 4.69) is 9.97 Å². The molecule has 8 heteroatoms. The fourth-order valence-corrected chi connectivity index (χ4v) is 5.25. The summed E-state index contributed by atoms with van der Waals surface area (Å²) in [5.74, 6) is 0.231. The number of hydrogen-bond acceptors (Lipinski definition) is 5. The molecule has 27 heavy (non-hydrogen) atoms. The molecule has 0 aromatic carbocycles. The van der Waals surface area contributed by atoms with Crippen LogP contribution in [0.15, 0.2) is 11.1 Å². The fourth-order valence-electron chi connectivity index (χ4n) is 4.13. The molecular weight excluding hydrogens is 364 g/mol. The monoisotopic (exact) mass is 388 g/mol. The number of carbonyl (C=O) groups excluding carboxylic acids is 2. The lowest BCUT2D eigenvalue weighted by Crippen LogP contribution is -2.45. The van der Waals surface area contributed by atoms with Crippen molar-refractivity contribution in [1.29, 1.82) is 0 Å². The van der Waals surface area contributed by atoms with Gasteiger partial charge >= 0.3 is 0 Å². The van der Waals surface area contributed by atoms with Gasteiger partial charge in [0.25, 0.3) is 11.5 Å². The summed E-state index contributed by atoms with van der Waals surface area (Å²) in [6, 6.07) is 0. The number of likely N-dealkylation sites (tertiary alicyclic amines) is 2. The number of rotatable bonds is 2. The Morgan fingerprint density at radius 2 is 1.81 bits per heavy atom. The zero-order valence-corrected chi connectivity index (χ0v) is 16.3. The number of amides is 2. The third kappa shape index (κ3) is 3.38. The maximum absolute atomic E-state index is 13.0. The van der Waals surface area contributed by atoms with Gasteiger partial charge in [0, 0.05) is 32.1 Å². The SMILES string of the molecule is Cc1c(C(=O)N2CCC(C(=O)N3CCCCC3)CC2)sc2nc[nH]c(=O)c12. The number of nitrogens with one attached hydrogen (secondary N) is 1. The summed E-state index contributed by atoms with van der Waals surface area (Å²) in [5.41, 5.74) is 0.486. The van der Waals surface area contributed by atoms with E-state index in [0.717, 1.165) is 25.9 Å². The average molecular weight is 388 g/mol. The smallest absolute Gasteiger partial charge is 0.264 e. The molecule has 1 N–H and O–H groups in total. The van der Waals surface area contributed by atoms with E-state index in [1.54, 1.807) is 6.92 Å². The van der Waals surface area contributed by atoms with Crippen LogP contribution in [0.2, 0.25) is 0 Å². The highest BCUT2D eigenvalue weighted by Crippen LogP contribution is 2.29. The van der Waals surface area contributed by atoms with Gasteiger partial charge in [-0.25, -0.2) is 4.98 Å². The van der Waals surface area contributed by atoms with Gasteiger partial charge in [-0.1, -0.05) is 0 Å². The highest BCUT2D eigenvalue weighted by molar-refractivity contribution is 7.20. The third-order valence-corrected chi connectivity index (χ3v) is 6.91. The minimum atomic E-state index is -0.210. The van der Waals surface area contributed by atoms with Gasteiger partial charge in [-0.05, 0) is 44.6 Å². The first-order chi connectivity index (χ1) is 13.1. The zero-order chi connectivity index (χ0) is 19.0. The summed E-state index contributed by atoms with van der Waals surface area (Å²) < 4.78 is 0. The number of piperidine rings is 2. The molecule has 0 bridgehead atoms. The Bertz CT molecular complexity index is 921. The van der Waals surface area contributed by atoms with Crippen LogP contribution in [0.3, 0.4) is 0 Å². The molecule has 0 atom stereocenters. The van der Waals surface area contributed by atoms with Gasteiger partial charge in [-0.3, -0.25) is 14.4 Å². The summed E-state index contributed by atoms with van der Waals surface area (Å²) in [4.78, 5) is 49.4. The predicted molar refractivity (Wildman–Crippen MR) is 104 cm³/mol. The summed E-state index contributed by atoms with van der Waals surface area (Å²) in [5, 5.41) is 0.501. The number of aromatic nitrogens is 2. The number of fused-ring (bicyclic) bond motifs is 1. The van der Waals surface area contributed by atoms with Crippen molar-refractivity contribution in [3.8, 4) is 0 Å². The van der Waals surface area contributed by atoms with Crippen molar-refractivity contribution in [3.63, 3.8) is 0 Å². The molecule has 2 aliphatic rings. The molecule has 0 radical (unpaired) electrons. The predicted octanol–water partition coefficient (Wildman–Crippen LogP) is 2.16. The van der Waals surface area contributed by atoms with E-state index in [-0.39, 0.29) is 23.3 Å². The standard InChI is InChI=1S/C19H24N4O3S/c1-12-14-16(24)20-11-21-17(14)27-15(12)19(26)23-9-5-13(6-10-23)18(25)22-7-3-2-4-8-22/h11,13H,2-10H2,1H3,(H,20,21,24). The summed E-state index contributed by atoms with van der Waals surface area (Å²) in [6.07, 6.45) is 6.20. The molecule has 0 spiro atoms. The topological polar surface area (TPSA) is 86.4 Å². The Labute approximate surface area is 161 Å². The number of thiophene rings is 1. The lowest BCUT2D eigenvalue weighted by molar-refractivity contribution is -0.137. The number of aryl methyl sites for hydroxylation is 1. The zero-order valence-electron chi connectivity index (χ0n) is 15.5. The van der Waals surface area contributed by atoms with Crippen molar-refractivity contribution in [2.75, 3.05) is 26.2 Å². The van der Waals surface area contributed by atoms with Gasteiger partial charge in [0.05, 0.1) is 16.6 Å². The van der Waals surface area contributed by atoms with Crippen LogP contribution in [0.1, 0.15) is 47.3 Å². The van der Waals surface area contributed by atoms with Gasteiger partial charge in [0.1, 0.15) is 4.83 Å². The first-order valence-electron chi connectivity index (χ1n) is 9.61. The molecule has 2 aromatic heterocycles. The number of aromatic amines is 1. The first kappa shape index (κ1) is 18.2. The lowest BCUT2D eigenvalue weighted by atomic mass is 9.94. The van der Waals surface area contributed by atoms with Crippen molar-refractivity contribution >= 4 is 33.4 Å². The van der Waals surface area contributed by atoms with E-state index >= 15 is 0 Å². The van der Waals surface area contributed by atoms with E-state index in [0.29, 0.717) is 46.6 Å². The van der Waals surface area contributed by atoms with Crippen LogP contribution in [-0.2, 0) is 4.79 Å². The molecule has 0 aliphatic carbocycles. The molecule has 7 nitrogen and oxygen atoms in total. The Morgan fingerprint density at radius 1 is 1.11 bits per heavy atom. The molecule has 2 fully saturated rings. The normalized spacial score (nSPS) is 18.9. The molecule has 2 amide bonds. The molecule has 0 unspecified atom stereocenters. The summed E-state index contributed by atoms with van der Waals surface area (Å²) in [6.45, 7) is 4.72. The number of H-pyrrole nitrogens is 1. The minimum Gasteiger partial charge on any atom is -0.342 e.